The Morgan fingerprint density at radius 1 is 1.33 bits per heavy atom. The van der Waals surface area contributed by atoms with Crippen LogP contribution in [0.15, 0.2) is 18.2 Å². The largest absolute Gasteiger partial charge is 0.369 e. The Balaban J connectivity index is 2.18. The Morgan fingerprint density at radius 3 is 2.71 bits per heavy atom. The van der Waals surface area contributed by atoms with Crippen LogP contribution in [0, 0.1) is 25.2 Å². The smallest absolute Gasteiger partial charge is 0.201 e. The average Bonchev–Trinajstić information content (AvgIpc) is 2.90. The van der Waals surface area contributed by atoms with E-state index >= 15 is 0 Å². The molecule has 1 aromatic carbocycles. The molecule has 2 N–H and O–H groups in total. The molecular formula is C15H16N6. The van der Waals surface area contributed by atoms with E-state index in [4.69, 9.17) is 11.0 Å². The molecule has 106 valence electrons. The first-order valence-electron chi connectivity index (χ1n) is 6.66. The standard InChI is InChI=1S/C15H16N6/c1-9-12(10(2)20(3)19-9)8-21-13-6-4-5-11(7-16)14(13)18-15(21)17/h4-6H,8H2,1-3H3,(H2,17,18). The van der Waals surface area contributed by atoms with Gasteiger partial charge in [-0.15, -0.1) is 0 Å². The number of hydrogen-bond acceptors (Lipinski definition) is 4. The third kappa shape index (κ3) is 1.94. The minimum absolute atomic E-state index is 0.412. The number of imidazole rings is 1. The van der Waals surface area contributed by atoms with Crippen molar-refractivity contribution >= 4 is 17.0 Å². The Morgan fingerprint density at radius 2 is 2.10 bits per heavy atom. The molecule has 3 rings (SSSR count). The van der Waals surface area contributed by atoms with E-state index < -0.39 is 0 Å². The predicted molar refractivity (Wildman–Crippen MR) is 80.6 cm³/mol. The summed E-state index contributed by atoms with van der Waals surface area (Å²) in [5.41, 5.74) is 11.3. The second-order valence-electron chi connectivity index (χ2n) is 5.11. The van der Waals surface area contributed by atoms with Crippen LogP contribution in [-0.4, -0.2) is 19.3 Å². The van der Waals surface area contributed by atoms with E-state index in [2.05, 4.69) is 16.2 Å². The molecule has 0 bridgehead atoms. The lowest BCUT2D eigenvalue weighted by atomic mass is 10.1. The highest BCUT2D eigenvalue weighted by Gasteiger charge is 2.15. The fourth-order valence-electron chi connectivity index (χ4n) is 2.63. The molecule has 0 aliphatic rings. The van der Waals surface area contributed by atoms with Crippen molar-refractivity contribution in [2.24, 2.45) is 7.05 Å². The molecule has 2 aromatic heterocycles. The van der Waals surface area contributed by atoms with Crippen LogP contribution in [0.2, 0.25) is 0 Å². The lowest BCUT2D eigenvalue weighted by molar-refractivity contribution is 0.728. The van der Waals surface area contributed by atoms with Gasteiger partial charge < -0.3 is 10.3 Å². The predicted octanol–water partition coefficient (Wildman–Crippen LogP) is 1.89. The number of anilines is 1. The van der Waals surface area contributed by atoms with Gasteiger partial charge in [-0.25, -0.2) is 4.98 Å². The lowest BCUT2D eigenvalue weighted by Crippen LogP contribution is -2.06. The number of fused-ring (bicyclic) bond motifs is 1. The van der Waals surface area contributed by atoms with E-state index in [1.165, 1.54) is 0 Å². The summed E-state index contributed by atoms with van der Waals surface area (Å²) < 4.78 is 3.79. The van der Waals surface area contributed by atoms with Gasteiger partial charge >= 0.3 is 0 Å². The molecule has 2 heterocycles. The fourth-order valence-corrected chi connectivity index (χ4v) is 2.63. The summed E-state index contributed by atoms with van der Waals surface area (Å²) in [6.45, 7) is 4.62. The molecule has 0 aliphatic carbocycles. The van der Waals surface area contributed by atoms with Gasteiger partial charge in [-0.05, 0) is 26.0 Å². The van der Waals surface area contributed by atoms with E-state index in [-0.39, 0.29) is 0 Å². The average molecular weight is 280 g/mol. The van der Waals surface area contributed by atoms with Crippen molar-refractivity contribution in [3.05, 3.63) is 40.7 Å². The molecule has 0 saturated heterocycles. The van der Waals surface area contributed by atoms with Gasteiger partial charge in [0.15, 0.2) is 0 Å². The summed E-state index contributed by atoms with van der Waals surface area (Å²) in [4.78, 5) is 4.34. The second-order valence-corrected chi connectivity index (χ2v) is 5.11. The number of para-hydroxylation sites is 1. The van der Waals surface area contributed by atoms with Crippen molar-refractivity contribution < 1.29 is 0 Å². The topological polar surface area (TPSA) is 85.4 Å². The van der Waals surface area contributed by atoms with Crippen LogP contribution in [0.25, 0.3) is 11.0 Å². The number of nitriles is 1. The Bertz CT molecular complexity index is 878. The third-order valence-electron chi connectivity index (χ3n) is 3.90. The van der Waals surface area contributed by atoms with Crippen LogP contribution >= 0.6 is 0 Å². The maximum atomic E-state index is 9.16. The van der Waals surface area contributed by atoms with Crippen LogP contribution in [0.1, 0.15) is 22.5 Å². The molecule has 3 aromatic rings. The molecule has 0 spiro atoms. The normalized spacial score (nSPS) is 11.0. The number of nitrogens with two attached hydrogens (primary N) is 1. The molecule has 21 heavy (non-hydrogen) atoms. The van der Waals surface area contributed by atoms with Crippen LogP contribution in [0.3, 0.4) is 0 Å². The van der Waals surface area contributed by atoms with Crippen molar-refractivity contribution in [1.82, 2.24) is 19.3 Å². The molecule has 0 amide bonds. The molecule has 0 unspecified atom stereocenters. The fraction of sp³-hybridized carbons (Fsp3) is 0.267. The summed E-state index contributed by atoms with van der Waals surface area (Å²) in [5.74, 6) is 0.412. The lowest BCUT2D eigenvalue weighted by Gasteiger charge is -2.07. The van der Waals surface area contributed by atoms with Gasteiger partial charge in [0.2, 0.25) is 5.95 Å². The maximum absolute atomic E-state index is 9.16. The number of rotatable bonds is 2. The molecule has 6 heteroatoms. The van der Waals surface area contributed by atoms with E-state index in [1.54, 1.807) is 6.07 Å². The second kappa shape index (κ2) is 4.63. The number of benzene rings is 1. The van der Waals surface area contributed by atoms with Crippen LogP contribution in [-0.2, 0) is 13.6 Å². The Labute approximate surface area is 122 Å². The summed E-state index contributed by atoms with van der Waals surface area (Å²) in [6.07, 6.45) is 0. The first kappa shape index (κ1) is 13.2. The molecule has 0 radical (unpaired) electrons. The molecule has 0 aliphatic heterocycles. The highest BCUT2D eigenvalue weighted by molar-refractivity contribution is 5.84. The molecular weight excluding hydrogens is 264 g/mol. The van der Waals surface area contributed by atoms with Crippen molar-refractivity contribution in [1.29, 1.82) is 5.26 Å². The van der Waals surface area contributed by atoms with Gasteiger partial charge in [-0.2, -0.15) is 10.4 Å². The van der Waals surface area contributed by atoms with Crippen LogP contribution in [0.4, 0.5) is 5.95 Å². The zero-order valence-corrected chi connectivity index (χ0v) is 12.3. The summed E-state index contributed by atoms with van der Waals surface area (Å²) in [7, 11) is 1.93. The van der Waals surface area contributed by atoms with Gasteiger partial charge in [0.1, 0.15) is 11.6 Å². The van der Waals surface area contributed by atoms with Crippen molar-refractivity contribution in [3.63, 3.8) is 0 Å². The SMILES string of the molecule is Cc1nn(C)c(C)c1Cn1c(N)nc2c(C#N)cccc21. The number of nitrogen functional groups attached to an aromatic ring is 1. The van der Waals surface area contributed by atoms with Crippen molar-refractivity contribution in [2.45, 2.75) is 20.4 Å². The van der Waals surface area contributed by atoms with Crippen LogP contribution < -0.4 is 5.73 Å². The number of aryl methyl sites for hydroxylation is 2. The van der Waals surface area contributed by atoms with E-state index in [1.807, 2.05) is 42.3 Å². The third-order valence-corrected chi connectivity index (χ3v) is 3.90. The first-order chi connectivity index (χ1) is 10.0. The van der Waals surface area contributed by atoms with Gasteiger partial charge in [0.25, 0.3) is 0 Å². The highest BCUT2D eigenvalue weighted by atomic mass is 15.3. The molecule has 0 saturated carbocycles. The Kier molecular flexibility index (Phi) is 2.91. The summed E-state index contributed by atoms with van der Waals surface area (Å²) >= 11 is 0. The number of aromatic nitrogens is 4. The van der Waals surface area contributed by atoms with E-state index in [0.717, 1.165) is 22.5 Å². The molecule has 0 fully saturated rings. The minimum atomic E-state index is 0.412. The quantitative estimate of drug-likeness (QED) is 0.776. The zero-order chi connectivity index (χ0) is 15.1. The highest BCUT2D eigenvalue weighted by Crippen LogP contribution is 2.24. The summed E-state index contributed by atoms with van der Waals surface area (Å²) in [5, 5.41) is 13.6. The zero-order valence-electron chi connectivity index (χ0n) is 12.3. The minimum Gasteiger partial charge on any atom is -0.369 e. The van der Waals surface area contributed by atoms with Gasteiger partial charge in [-0.1, -0.05) is 6.07 Å². The Hall–Kier alpha value is -2.81. The number of hydrogen-bond donors (Lipinski definition) is 1. The van der Waals surface area contributed by atoms with Crippen molar-refractivity contribution in [2.75, 3.05) is 5.73 Å². The number of nitrogens with zero attached hydrogens (tertiary/aromatic N) is 5. The van der Waals surface area contributed by atoms with Crippen LogP contribution in [0.5, 0.6) is 0 Å². The molecule has 0 atom stereocenters. The van der Waals surface area contributed by atoms with Crippen molar-refractivity contribution in [3.8, 4) is 6.07 Å². The van der Waals surface area contributed by atoms with E-state index in [9.17, 15) is 0 Å². The monoisotopic (exact) mass is 280 g/mol. The maximum Gasteiger partial charge on any atom is 0.201 e. The summed E-state index contributed by atoms with van der Waals surface area (Å²) in [6, 6.07) is 7.68. The van der Waals surface area contributed by atoms with Gasteiger partial charge in [-0.3, -0.25) is 4.68 Å². The van der Waals surface area contributed by atoms with E-state index in [0.29, 0.717) is 23.6 Å². The van der Waals surface area contributed by atoms with Gasteiger partial charge in [0.05, 0.1) is 23.3 Å². The van der Waals surface area contributed by atoms with Gasteiger partial charge in [0, 0.05) is 18.3 Å². The molecule has 6 nitrogen and oxygen atoms in total. The first-order valence-corrected chi connectivity index (χ1v) is 6.66.